The standard InChI is InChI=1S/C28H26FN3O4.Na/c1-2-35-28-31-23-10-6-17(29)13-25(23)32(28)24-5-3-4-20-21(24)9-11-22(20)30-18-7-8-19-16(12-27(33)34)15-36-26(19)14-18;/h3-8,10,13-14,16,22,30H,2,9,11-12,15H2,1H3,(H,33,34);/q;+1/p-1/t16-,22?;/m1./s1. The fourth-order valence-corrected chi connectivity index (χ4v) is 5.42. The molecular weight excluding hydrogens is 484 g/mol. The van der Waals surface area contributed by atoms with Gasteiger partial charge in [0.25, 0.3) is 0 Å². The molecule has 1 aromatic heterocycles. The number of anilines is 1. The Hall–Kier alpha value is -3.07. The topological polar surface area (TPSA) is 88.4 Å². The van der Waals surface area contributed by atoms with Crippen LogP contribution in [-0.4, -0.2) is 28.7 Å². The van der Waals surface area contributed by atoms with Gasteiger partial charge in [-0.3, -0.25) is 4.57 Å². The molecule has 1 aliphatic heterocycles. The van der Waals surface area contributed by atoms with Crippen molar-refractivity contribution in [3.05, 3.63) is 77.1 Å². The van der Waals surface area contributed by atoms with Gasteiger partial charge in [-0.15, -0.1) is 0 Å². The Morgan fingerprint density at radius 3 is 2.89 bits per heavy atom. The summed E-state index contributed by atoms with van der Waals surface area (Å²) in [6, 6.07) is 17.1. The van der Waals surface area contributed by atoms with E-state index < -0.39 is 5.97 Å². The van der Waals surface area contributed by atoms with Crippen molar-refractivity contribution in [1.29, 1.82) is 0 Å². The normalized spacial score (nSPS) is 17.6. The molecule has 184 valence electrons. The molecule has 0 saturated carbocycles. The molecule has 6 rings (SSSR count). The number of carboxylic acid groups (broad SMARTS) is 1. The monoisotopic (exact) mass is 509 g/mol. The Labute approximate surface area is 235 Å². The van der Waals surface area contributed by atoms with E-state index in [9.17, 15) is 14.3 Å². The predicted octanol–water partition coefficient (Wildman–Crippen LogP) is 1.28. The maximum atomic E-state index is 14.2. The van der Waals surface area contributed by atoms with E-state index in [0.29, 0.717) is 36.0 Å². The molecule has 3 aromatic carbocycles. The number of halogens is 1. The molecule has 1 aliphatic carbocycles. The fourth-order valence-electron chi connectivity index (χ4n) is 5.42. The number of nitrogens with one attached hydrogen (secondary N) is 1. The molecule has 0 saturated heterocycles. The van der Waals surface area contributed by atoms with Gasteiger partial charge in [-0.1, -0.05) is 18.2 Å². The third-order valence-corrected chi connectivity index (χ3v) is 6.99. The van der Waals surface area contributed by atoms with Crippen molar-refractivity contribution in [3.63, 3.8) is 0 Å². The Kier molecular flexibility index (Phi) is 7.16. The number of carboxylic acids is 1. The number of fused-ring (bicyclic) bond motifs is 3. The van der Waals surface area contributed by atoms with Crippen LogP contribution in [0.25, 0.3) is 16.7 Å². The van der Waals surface area contributed by atoms with Gasteiger partial charge < -0.3 is 24.7 Å². The first-order valence-corrected chi connectivity index (χ1v) is 12.2. The first kappa shape index (κ1) is 25.6. The number of hydrogen-bond acceptors (Lipinski definition) is 6. The van der Waals surface area contributed by atoms with Crippen molar-refractivity contribution in [3.8, 4) is 17.4 Å². The molecule has 0 fully saturated rings. The Bertz CT molecular complexity index is 1490. The molecule has 0 spiro atoms. The molecule has 0 bridgehead atoms. The van der Waals surface area contributed by atoms with Gasteiger partial charge in [0.2, 0.25) is 0 Å². The number of imidazole rings is 1. The summed E-state index contributed by atoms with van der Waals surface area (Å²) in [6.45, 7) is 2.71. The molecule has 2 atom stereocenters. The second kappa shape index (κ2) is 10.4. The van der Waals surface area contributed by atoms with E-state index in [-0.39, 0.29) is 53.8 Å². The van der Waals surface area contributed by atoms with Gasteiger partial charge in [0.15, 0.2) is 0 Å². The van der Waals surface area contributed by atoms with Gasteiger partial charge in [-0.05, 0) is 61.6 Å². The number of ether oxygens (including phenoxy) is 2. The second-order valence-electron chi connectivity index (χ2n) is 9.21. The SMILES string of the molecule is CCOc1nc2ccc(F)cc2n1-c1cccc2c1CCC2Nc1ccc2c(c1)OC[C@H]2CC(=O)[O-].[Na+]. The van der Waals surface area contributed by atoms with E-state index in [0.717, 1.165) is 29.8 Å². The first-order valence-electron chi connectivity index (χ1n) is 12.2. The van der Waals surface area contributed by atoms with Crippen molar-refractivity contribution in [2.75, 3.05) is 18.5 Å². The zero-order chi connectivity index (χ0) is 24.8. The average molecular weight is 510 g/mol. The summed E-state index contributed by atoms with van der Waals surface area (Å²) in [7, 11) is 0. The number of aromatic nitrogens is 2. The number of hydrogen-bond donors (Lipinski definition) is 1. The average Bonchev–Trinajstić information content (AvgIpc) is 3.54. The summed E-state index contributed by atoms with van der Waals surface area (Å²) in [4.78, 5) is 15.6. The van der Waals surface area contributed by atoms with E-state index >= 15 is 0 Å². The van der Waals surface area contributed by atoms with Crippen LogP contribution in [0.2, 0.25) is 0 Å². The number of benzene rings is 3. The Morgan fingerprint density at radius 1 is 1.22 bits per heavy atom. The summed E-state index contributed by atoms with van der Waals surface area (Å²) in [5.41, 5.74) is 6.45. The number of carbonyl (C=O) groups excluding carboxylic acids is 1. The predicted molar refractivity (Wildman–Crippen MR) is 131 cm³/mol. The second-order valence-corrected chi connectivity index (χ2v) is 9.21. The van der Waals surface area contributed by atoms with E-state index in [2.05, 4.69) is 16.4 Å². The fraction of sp³-hybridized carbons (Fsp3) is 0.286. The summed E-state index contributed by atoms with van der Waals surface area (Å²) >= 11 is 0. The quantitative estimate of drug-likeness (QED) is 0.378. The molecule has 2 heterocycles. The maximum absolute atomic E-state index is 14.2. The van der Waals surface area contributed by atoms with Crippen molar-refractivity contribution in [1.82, 2.24) is 9.55 Å². The van der Waals surface area contributed by atoms with Gasteiger partial charge in [0.05, 0.1) is 36.0 Å². The number of carbonyl (C=O) groups is 1. The zero-order valence-corrected chi connectivity index (χ0v) is 22.8. The summed E-state index contributed by atoms with van der Waals surface area (Å²) in [6.07, 6.45) is 1.69. The summed E-state index contributed by atoms with van der Waals surface area (Å²) in [5.74, 6) is -0.855. The molecule has 1 unspecified atom stereocenters. The van der Waals surface area contributed by atoms with Crippen molar-refractivity contribution < 1.29 is 53.3 Å². The van der Waals surface area contributed by atoms with Crippen LogP contribution in [0, 0.1) is 5.82 Å². The number of nitrogens with zero attached hydrogens (tertiary/aromatic N) is 2. The van der Waals surface area contributed by atoms with Crippen molar-refractivity contribution >= 4 is 22.7 Å². The van der Waals surface area contributed by atoms with Crippen LogP contribution >= 0.6 is 0 Å². The van der Waals surface area contributed by atoms with Gasteiger partial charge in [0, 0.05) is 35.3 Å². The van der Waals surface area contributed by atoms with E-state index in [1.165, 1.54) is 23.3 Å². The van der Waals surface area contributed by atoms with Gasteiger partial charge in [0.1, 0.15) is 11.6 Å². The third kappa shape index (κ3) is 4.69. The Morgan fingerprint density at radius 2 is 2.08 bits per heavy atom. The van der Waals surface area contributed by atoms with Crippen LogP contribution in [-0.2, 0) is 11.2 Å². The summed E-state index contributed by atoms with van der Waals surface area (Å²) in [5, 5.41) is 14.6. The molecule has 0 radical (unpaired) electrons. The van der Waals surface area contributed by atoms with Crippen molar-refractivity contribution in [2.45, 2.75) is 38.1 Å². The maximum Gasteiger partial charge on any atom is 1.00 e. The van der Waals surface area contributed by atoms with Gasteiger partial charge in [-0.25, -0.2) is 4.39 Å². The van der Waals surface area contributed by atoms with Gasteiger partial charge >= 0.3 is 35.6 Å². The molecule has 2 aliphatic rings. The van der Waals surface area contributed by atoms with Crippen LogP contribution in [0.4, 0.5) is 10.1 Å². The minimum Gasteiger partial charge on any atom is -0.550 e. The molecule has 4 aromatic rings. The van der Waals surface area contributed by atoms with E-state index in [1.807, 2.05) is 41.8 Å². The largest absolute Gasteiger partial charge is 1.00 e. The molecule has 9 heteroatoms. The third-order valence-electron chi connectivity index (χ3n) is 6.99. The van der Waals surface area contributed by atoms with E-state index in [1.54, 1.807) is 6.07 Å². The first-order chi connectivity index (χ1) is 17.5. The van der Waals surface area contributed by atoms with Crippen LogP contribution in [0.15, 0.2) is 54.6 Å². The smallest absolute Gasteiger partial charge is 0.550 e. The van der Waals surface area contributed by atoms with Crippen LogP contribution in [0.5, 0.6) is 11.8 Å². The van der Waals surface area contributed by atoms with Gasteiger partial charge in [-0.2, -0.15) is 4.98 Å². The van der Waals surface area contributed by atoms with E-state index in [4.69, 9.17) is 9.47 Å². The van der Waals surface area contributed by atoms with Crippen LogP contribution in [0.3, 0.4) is 0 Å². The number of aliphatic carboxylic acids is 1. The molecule has 37 heavy (non-hydrogen) atoms. The van der Waals surface area contributed by atoms with Crippen molar-refractivity contribution in [2.24, 2.45) is 0 Å². The Balaban J connectivity index is 0.00000280. The molecule has 1 N–H and O–H groups in total. The minimum atomic E-state index is -1.07. The minimum absolute atomic E-state index is 0. The molecular formula is C28H25FN3NaO4. The zero-order valence-electron chi connectivity index (χ0n) is 20.8. The molecule has 0 amide bonds. The molecule has 7 nitrogen and oxygen atoms in total. The van der Waals surface area contributed by atoms with Crippen LogP contribution in [0.1, 0.15) is 48.4 Å². The summed E-state index contributed by atoms with van der Waals surface area (Å²) < 4.78 is 27.6. The number of rotatable bonds is 7. The van der Waals surface area contributed by atoms with Crippen LogP contribution < -0.4 is 49.5 Å².